The lowest BCUT2D eigenvalue weighted by Crippen LogP contribution is -2.34. The van der Waals surface area contributed by atoms with Crippen molar-refractivity contribution in [2.75, 3.05) is 0 Å². The molecular weight excluding hydrogens is 400 g/mol. The summed E-state index contributed by atoms with van der Waals surface area (Å²) in [6, 6.07) is 13.6. The number of aryl methyl sites for hydroxylation is 1. The molecule has 2 heterocycles. The number of ether oxygens (including phenoxy) is 1. The van der Waals surface area contributed by atoms with E-state index in [4.69, 9.17) is 9.15 Å². The number of carbonyl (C=O) groups is 1. The molecule has 4 nitrogen and oxygen atoms in total. The van der Waals surface area contributed by atoms with Crippen LogP contribution in [0.5, 0.6) is 0 Å². The molecule has 0 N–H and O–H groups in total. The number of hydrogen-bond donors (Lipinski definition) is 0. The van der Waals surface area contributed by atoms with Crippen molar-refractivity contribution in [3.05, 3.63) is 117 Å². The third-order valence-electron chi connectivity index (χ3n) is 6.14. The lowest BCUT2D eigenvalue weighted by Gasteiger charge is -2.29. The summed E-state index contributed by atoms with van der Waals surface area (Å²) < 4.78 is 11.5. The van der Waals surface area contributed by atoms with Crippen LogP contribution in [0.1, 0.15) is 29.2 Å². The molecule has 0 bridgehead atoms. The molecule has 1 aromatic heterocycles. The van der Waals surface area contributed by atoms with Crippen LogP contribution in [0.2, 0.25) is 0 Å². The molecule has 0 saturated heterocycles. The first-order chi connectivity index (χ1) is 15.5. The fourth-order valence-electron chi connectivity index (χ4n) is 4.34. The Balaban J connectivity index is 1.32. The van der Waals surface area contributed by atoms with Gasteiger partial charge in [-0.15, -0.1) is 0 Å². The summed E-state index contributed by atoms with van der Waals surface area (Å²) >= 11 is 0. The van der Waals surface area contributed by atoms with Gasteiger partial charge >= 0.3 is 0 Å². The van der Waals surface area contributed by atoms with Crippen molar-refractivity contribution >= 4 is 16.8 Å². The highest BCUT2D eigenvalue weighted by Crippen LogP contribution is 2.29. The van der Waals surface area contributed by atoms with Gasteiger partial charge in [-0.25, -0.2) is 0 Å². The van der Waals surface area contributed by atoms with Crippen molar-refractivity contribution in [1.29, 1.82) is 0 Å². The van der Waals surface area contributed by atoms with E-state index < -0.39 is 0 Å². The van der Waals surface area contributed by atoms with Gasteiger partial charge in [-0.1, -0.05) is 53.6 Å². The molecule has 160 valence electrons. The third kappa shape index (κ3) is 3.84. The van der Waals surface area contributed by atoms with Crippen LogP contribution in [0.4, 0.5) is 0 Å². The summed E-state index contributed by atoms with van der Waals surface area (Å²) in [6.45, 7) is 3.96. The number of rotatable bonds is 4. The summed E-state index contributed by atoms with van der Waals surface area (Å²) in [5, 5.41) is 0.613. The van der Waals surface area contributed by atoms with Crippen LogP contribution >= 0.6 is 0 Å². The number of ketones is 1. The standard InChI is InChI=1S/C28H24O4/c1-17-3-9-25-23(11-17)27(29)21(15-31-25)13-19-5-7-20(8-6-19)14-22-16-32-26-10-4-18(2)12-24(26)28(22)30/h3-12,15-16,23,25H,13-14H2,1-2H3. The van der Waals surface area contributed by atoms with E-state index in [2.05, 4.69) is 0 Å². The molecule has 2 unspecified atom stereocenters. The number of hydrogen-bond acceptors (Lipinski definition) is 4. The monoisotopic (exact) mass is 424 g/mol. The van der Waals surface area contributed by atoms with Crippen LogP contribution < -0.4 is 5.43 Å². The average Bonchev–Trinajstić information content (AvgIpc) is 2.79. The zero-order valence-electron chi connectivity index (χ0n) is 18.1. The molecule has 1 aliphatic carbocycles. The van der Waals surface area contributed by atoms with Gasteiger partial charge in [0.15, 0.2) is 11.2 Å². The summed E-state index contributed by atoms with van der Waals surface area (Å²) in [5.41, 5.74) is 6.09. The molecule has 2 atom stereocenters. The van der Waals surface area contributed by atoms with E-state index >= 15 is 0 Å². The van der Waals surface area contributed by atoms with Crippen molar-refractivity contribution in [2.24, 2.45) is 5.92 Å². The van der Waals surface area contributed by atoms with Crippen LogP contribution in [0.15, 0.2) is 93.6 Å². The van der Waals surface area contributed by atoms with Gasteiger partial charge in [-0.2, -0.15) is 0 Å². The first kappa shape index (κ1) is 20.3. The predicted molar refractivity (Wildman–Crippen MR) is 125 cm³/mol. The second-order valence-electron chi connectivity index (χ2n) is 8.66. The molecule has 4 heteroatoms. The molecule has 2 aliphatic rings. The van der Waals surface area contributed by atoms with Crippen LogP contribution in [0.3, 0.4) is 0 Å². The van der Waals surface area contributed by atoms with E-state index in [-0.39, 0.29) is 23.2 Å². The molecule has 0 fully saturated rings. The number of fused-ring (bicyclic) bond motifs is 2. The van der Waals surface area contributed by atoms with Crippen LogP contribution in [0.25, 0.3) is 11.0 Å². The minimum Gasteiger partial charge on any atom is -0.492 e. The normalized spacial score (nSPS) is 19.9. The molecule has 2 aromatic carbocycles. The Labute approximate surface area is 186 Å². The highest BCUT2D eigenvalue weighted by atomic mass is 16.5. The van der Waals surface area contributed by atoms with Crippen molar-refractivity contribution < 1.29 is 13.9 Å². The smallest absolute Gasteiger partial charge is 0.196 e. The molecule has 0 saturated carbocycles. The maximum absolute atomic E-state index is 12.9. The summed E-state index contributed by atoms with van der Waals surface area (Å²) in [4.78, 5) is 25.8. The Morgan fingerprint density at radius 2 is 1.69 bits per heavy atom. The predicted octanol–water partition coefficient (Wildman–Crippen LogP) is 5.22. The number of benzene rings is 2. The van der Waals surface area contributed by atoms with Crippen LogP contribution in [-0.4, -0.2) is 11.9 Å². The van der Waals surface area contributed by atoms with E-state index in [0.29, 0.717) is 34.9 Å². The fourth-order valence-corrected chi connectivity index (χ4v) is 4.34. The second-order valence-corrected chi connectivity index (χ2v) is 8.66. The zero-order valence-corrected chi connectivity index (χ0v) is 18.1. The highest BCUT2D eigenvalue weighted by Gasteiger charge is 2.33. The van der Waals surface area contributed by atoms with E-state index in [9.17, 15) is 9.59 Å². The van der Waals surface area contributed by atoms with Gasteiger partial charge in [-0.3, -0.25) is 9.59 Å². The Hall–Kier alpha value is -3.66. The minimum atomic E-state index is -0.241. The Morgan fingerprint density at radius 3 is 2.47 bits per heavy atom. The quantitative estimate of drug-likeness (QED) is 0.576. The summed E-state index contributed by atoms with van der Waals surface area (Å²) in [5.74, 6) is -0.117. The second kappa shape index (κ2) is 8.12. The Bertz CT molecular complexity index is 1350. The lowest BCUT2D eigenvalue weighted by atomic mass is 9.84. The Kier molecular flexibility index (Phi) is 5.14. The first-order valence-corrected chi connectivity index (χ1v) is 10.8. The van der Waals surface area contributed by atoms with Gasteiger partial charge in [0, 0.05) is 24.0 Å². The molecule has 0 amide bonds. The molecule has 5 rings (SSSR count). The van der Waals surface area contributed by atoms with E-state index in [1.165, 1.54) is 0 Å². The van der Waals surface area contributed by atoms with Crippen molar-refractivity contribution in [1.82, 2.24) is 0 Å². The maximum atomic E-state index is 12.9. The highest BCUT2D eigenvalue weighted by molar-refractivity contribution is 6.00. The minimum absolute atomic E-state index is 0.00793. The van der Waals surface area contributed by atoms with Gasteiger partial charge in [0.2, 0.25) is 0 Å². The summed E-state index contributed by atoms with van der Waals surface area (Å²) in [6.07, 6.45) is 9.91. The lowest BCUT2D eigenvalue weighted by molar-refractivity contribution is -0.122. The van der Waals surface area contributed by atoms with E-state index in [0.717, 1.165) is 22.3 Å². The number of Topliss-reactive ketones (excluding diaryl/α,β-unsaturated/α-hetero) is 1. The van der Waals surface area contributed by atoms with Crippen LogP contribution in [0, 0.1) is 12.8 Å². The van der Waals surface area contributed by atoms with Gasteiger partial charge in [-0.05, 0) is 43.2 Å². The van der Waals surface area contributed by atoms with Crippen molar-refractivity contribution in [2.45, 2.75) is 32.8 Å². The maximum Gasteiger partial charge on any atom is 0.196 e. The van der Waals surface area contributed by atoms with Crippen molar-refractivity contribution in [3.8, 4) is 0 Å². The Morgan fingerprint density at radius 1 is 0.938 bits per heavy atom. The van der Waals surface area contributed by atoms with E-state index in [1.54, 1.807) is 12.5 Å². The molecular formula is C28H24O4. The van der Waals surface area contributed by atoms with Gasteiger partial charge in [0.05, 0.1) is 23.8 Å². The van der Waals surface area contributed by atoms with E-state index in [1.807, 2.05) is 74.5 Å². The molecule has 1 aliphatic heterocycles. The van der Waals surface area contributed by atoms with Gasteiger partial charge in [0.25, 0.3) is 0 Å². The molecule has 32 heavy (non-hydrogen) atoms. The van der Waals surface area contributed by atoms with Gasteiger partial charge in [0.1, 0.15) is 11.7 Å². The third-order valence-corrected chi connectivity index (χ3v) is 6.14. The summed E-state index contributed by atoms with van der Waals surface area (Å²) in [7, 11) is 0. The first-order valence-electron chi connectivity index (χ1n) is 10.8. The molecule has 3 aromatic rings. The number of carbonyl (C=O) groups excluding carboxylic acids is 1. The zero-order chi connectivity index (χ0) is 22.2. The largest absolute Gasteiger partial charge is 0.492 e. The topological polar surface area (TPSA) is 56.5 Å². The fraction of sp³-hybridized carbons (Fsp3) is 0.214. The average molecular weight is 424 g/mol. The molecule has 0 radical (unpaired) electrons. The van der Waals surface area contributed by atoms with Crippen LogP contribution in [-0.2, 0) is 22.4 Å². The SMILES string of the molecule is CC1=CC2C(=O)C(Cc3ccc(Cc4coc5ccc(C)cc5c4=O)cc3)=COC2C=C1. The van der Waals surface area contributed by atoms with Gasteiger partial charge < -0.3 is 9.15 Å². The molecule has 0 spiro atoms. The number of allylic oxidation sites excluding steroid dienone is 3. The van der Waals surface area contributed by atoms with Crippen molar-refractivity contribution in [3.63, 3.8) is 0 Å².